The molecule has 0 aliphatic heterocycles. The molecule has 4 atom stereocenters. The molecule has 2 N–H and O–H groups in total. The number of carbonyl (C=O) groups is 4. The molecule has 0 heterocycles. The van der Waals surface area contributed by atoms with Crippen LogP contribution in [0.1, 0.15) is 105 Å². The molecular weight excluding hydrogens is 518 g/mol. The number of unbranched alkanes of at least 4 members (excludes halogenated alkanes) is 4. The van der Waals surface area contributed by atoms with E-state index in [0.29, 0.717) is 24.8 Å². The van der Waals surface area contributed by atoms with E-state index in [2.05, 4.69) is 0 Å². The van der Waals surface area contributed by atoms with Gasteiger partial charge >= 0.3 is 24.1 Å². The fourth-order valence-electron chi connectivity index (χ4n) is 3.46. The fourth-order valence-corrected chi connectivity index (χ4v) is 3.46. The second kappa shape index (κ2) is 19.0. The molecule has 0 fully saturated rings. The maximum absolute atomic E-state index is 12.6. The van der Waals surface area contributed by atoms with Crippen molar-refractivity contribution in [3.8, 4) is 11.5 Å². The van der Waals surface area contributed by atoms with Crippen LogP contribution in [0.5, 0.6) is 11.5 Å². The number of hydrogen-bond donors (Lipinski definition) is 1. The second-order valence-corrected chi connectivity index (χ2v) is 10.0. The molecule has 0 amide bonds. The molecule has 0 bridgehead atoms. The Balaban J connectivity index is 2.87. The minimum absolute atomic E-state index is 0.0714. The average molecular weight is 566 g/mol. The summed E-state index contributed by atoms with van der Waals surface area (Å²) in [5.41, 5.74) is 6.69. The van der Waals surface area contributed by atoms with Gasteiger partial charge in [0.25, 0.3) is 0 Å². The summed E-state index contributed by atoms with van der Waals surface area (Å²) in [4.78, 5) is 49.2. The van der Waals surface area contributed by atoms with Crippen molar-refractivity contribution in [3.05, 3.63) is 23.8 Å². The van der Waals surface area contributed by atoms with Crippen LogP contribution in [0, 0.1) is 0 Å². The summed E-state index contributed by atoms with van der Waals surface area (Å²) in [5.74, 6) is -1.31. The summed E-state index contributed by atoms with van der Waals surface area (Å²) in [6, 6.07) is 3.68. The summed E-state index contributed by atoms with van der Waals surface area (Å²) in [7, 11) is 0. The molecule has 0 saturated heterocycles. The maximum Gasteiger partial charge on any atom is 0.508 e. The van der Waals surface area contributed by atoms with Crippen LogP contribution in [0.3, 0.4) is 0 Å². The molecule has 0 aliphatic carbocycles. The molecule has 0 spiro atoms. The smallest absolute Gasteiger partial charge is 0.458 e. The number of nitrogens with two attached hydrogens (primary N) is 1. The molecule has 10 heteroatoms. The molecule has 10 nitrogen and oxygen atoms in total. The summed E-state index contributed by atoms with van der Waals surface area (Å²) >= 11 is 0. The molecule has 1 aromatic carbocycles. The van der Waals surface area contributed by atoms with E-state index in [-0.39, 0.29) is 36.9 Å². The van der Waals surface area contributed by atoms with Gasteiger partial charge in [-0.25, -0.2) is 4.79 Å². The molecule has 1 rings (SSSR count). The Kier molecular flexibility index (Phi) is 16.6. The van der Waals surface area contributed by atoms with E-state index < -0.39 is 42.3 Å². The highest BCUT2D eigenvalue weighted by Crippen LogP contribution is 2.30. The first-order valence-corrected chi connectivity index (χ1v) is 14.4. The van der Waals surface area contributed by atoms with Gasteiger partial charge in [0.1, 0.15) is 24.4 Å². The van der Waals surface area contributed by atoms with Crippen molar-refractivity contribution in [1.82, 2.24) is 0 Å². The van der Waals surface area contributed by atoms with Gasteiger partial charge in [0.05, 0.1) is 0 Å². The minimum atomic E-state index is -1.04. The lowest BCUT2D eigenvalue weighted by Gasteiger charge is -2.23. The first-order chi connectivity index (χ1) is 19.0. The lowest BCUT2D eigenvalue weighted by molar-refractivity contribution is -0.155. The van der Waals surface area contributed by atoms with E-state index in [1.165, 1.54) is 6.07 Å². The van der Waals surface area contributed by atoms with Crippen LogP contribution in [0.2, 0.25) is 0 Å². The molecule has 1 aromatic rings. The van der Waals surface area contributed by atoms with Gasteiger partial charge in [0, 0.05) is 12.8 Å². The second-order valence-electron chi connectivity index (χ2n) is 10.0. The van der Waals surface area contributed by atoms with E-state index in [0.717, 1.165) is 25.7 Å². The summed E-state index contributed by atoms with van der Waals surface area (Å²) in [5, 5.41) is 0. The van der Waals surface area contributed by atoms with Gasteiger partial charge in [-0.2, -0.15) is 0 Å². The average Bonchev–Trinajstić information content (AvgIpc) is 2.90. The van der Waals surface area contributed by atoms with Crippen molar-refractivity contribution in [2.45, 2.75) is 130 Å². The number of carbonyl (C=O) groups excluding carboxylic acids is 4. The van der Waals surface area contributed by atoms with Gasteiger partial charge < -0.3 is 29.4 Å². The quantitative estimate of drug-likeness (QED) is 0.132. The summed E-state index contributed by atoms with van der Waals surface area (Å²) in [6.45, 7) is 10.9. The Labute approximate surface area is 238 Å². The Morgan fingerprint density at radius 2 is 1.30 bits per heavy atom. The number of rotatable bonds is 18. The molecule has 0 radical (unpaired) electrons. The van der Waals surface area contributed by atoms with Crippen molar-refractivity contribution < 1.29 is 42.9 Å². The molecule has 0 aliphatic rings. The predicted octanol–water partition coefficient (Wildman–Crippen LogP) is 5.80. The van der Waals surface area contributed by atoms with Crippen molar-refractivity contribution in [3.63, 3.8) is 0 Å². The number of ether oxygens (including phenoxy) is 5. The third-order valence-corrected chi connectivity index (χ3v) is 6.30. The Hall–Kier alpha value is -3.14. The topological polar surface area (TPSA) is 140 Å². The summed E-state index contributed by atoms with van der Waals surface area (Å²) in [6.07, 6.45) is 3.69. The third-order valence-electron chi connectivity index (χ3n) is 6.30. The lowest BCUT2D eigenvalue weighted by Crippen LogP contribution is -2.39. The monoisotopic (exact) mass is 565 g/mol. The van der Waals surface area contributed by atoms with Crippen LogP contribution in [0.15, 0.2) is 18.2 Å². The Morgan fingerprint density at radius 3 is 1.85 bits per heavy atom. The first-order valence-electron chi connectivity index (χ1n) is 14.4. The standard InChI is InChI=1S/C30H47NO9/c1-7-10-12-14-27(32)39-25-17-16-23(19-26(25)40-28(33)15-13-11-8-2)18-24(31)29(34)37-21(5)22(6)38-30(35)36-20(4)9-3/h16-17,19-22,24H,7-15,18,31H2,1-6H3/t20?,21-,22-,24-/m0/s1. The molecule has 40 heavy (non-hydrogen) atoms. The number of benzene rings is 1. The molecular formula is C30H47NO9. The zero-order valence-corrected chi connectivity index (χ0v) is 24.9. The van der Waals surface area contributed by atoms with Crippen LogP contribution in [-0.4, -0.2) is 48.4 Å². The van der Waals surface area contributed by atoms with Crippen molar-refractivity contribution in [2.24, 2.45) is 5.73 Å². The van der Waals surface area contributed by atoms with Gasteiger partial charge in [-0.1, -0.05) is 52.5 Å². The van der Waals surface area contributed by atoms with Crippen LogP contribution >= 0.6 is 0 Å². The van der Waals surface area contributed by atoms with Crippen LogP contribution in [-0.2, 0) is 35.0 Å². The highest BCUT2D eigenvalue weighted by Gasteiger charge is 2.26. The predicted molar refractivity (Wildman–Crippen MR) is 150 cm³/mol. The lowest BCUT2D eigenvalue weighted by atomic mass is 10.1. The Bertz CT molecular complexity index is 949. The molecule has 226 valence electrons. The van der Waals surface area contributed by atoms with Crippen LogP contribution in [0.25, 0.3) is 0 Å². The Morgan fingerprint density at radius 1 is 0.750 bits per heavy atom. The molecule has 0 saturated carbocycles. The number of hydrogen-bond acceptors (Lipinski definition) is 10. The van der Waals surface area contributed by atoms with Gasteiger partial charge in [0.15, 0.2) is 11.5 Å². The van der Waals surface area contributed by atoms with E-state index in [1.807, 2.05) is 20.8 Å². The minimum Gasteiger partial charge on any atom is -0.458 e. The maximum atomic E-state index is 12.6. The zero-order valence-electron chi connectivity index (χ0n) is 24.9. The van der Waals surface area contributed by atoms with Crippen LogP contribution < -0.4 is 15.2 Å². The van der Waals surface area contributed by atoms with E-state index in [4.69, 9.17) is 29.4 Å². The van der Waals surface area contributed by atoms with Gasteiger partial charge in [-0.15, -0.1) is 0 Å². The zero-order chi connectivity index (χ0) is 30.1. The van der Waals surface area contributed by atoms with E-state index in [9.17, 15) is 19.2 Å². The van der Waals surface area contributed by atoms with Crippen LogP contribution in [0.4, 0.5) is 4.79 Å². The third kappa shape index (κ3) is 13.8. The molecule has 0 aromatic heterocycles. The normalized spacial score (nSPS) is 13.9. The highest BCUT2D eigenvalue weighted by molar-refractivity contribution is 5.77. The number of esters is 3. The van der Waals surface area contributed by atoms with E-state index >= 15 is 0 Å². The highest BCUT2D eigenvalue weighted by atomic mass is 16.7. The van der Waals surface area contributed by atoms with E-state index in [1.54, 1.807) is 32.9 Å². The van der Waals surface area contributed by atoms with Gasteiger partial charge in [-0.05, 0) is 64.2 Å². The van der Waals surface area contributed by atoms with Crippen molar-refractivity contribution in [1.29, 1.82) is 0 Å². The van der Waals surface area contributed by atoms with Gasteiger partial charge in [0.2, 0.25) is 0 Å². The summed E-state index contributed by atoms with van der Waals surface area (Å²) < 4.78 is 26.7. The fraction of sp³-hybridized carbons (Fsp3) is 0.667. The largest absolute Gasteiger partial charge is 0.508 e. The van der Waals surface area contributed by atoms with Crippen molar-refractivity contribution in [2.75, 3.05) is 0 Å². The SMILES string of the molecule is CCCCCC(=O)Oc1ccc(C[C@H](N)C(=O)O[C@@H](C)[C@H](C)OC(=O)OC(C)CC)cc1OC(=O)CCCCC. The molecule has 1 unspecified atom stereocenters. The van der Waals surface area contributed by atoms with Crippen molar-refractivity contribution >= 4 is 24.1 Å². The van der Waals surface area contributed by atoms with Gasteiger partial charge in [-0.3, -0.25) is 14.4 Å². The first kappa shape index (κ1) is 34.9.